The summed E-state index contributed by atoms with van der Waals surface area (Å²) in [5.74, 6) is -0.119. The van der Waals surface area contributed by atoms with Crippen molar-refractivity contribution in [3.05, 3.63) is 42.0 Å². The number of aliphatic hydroxyl groups is 1. The molecule has 8 nitrogen and oxygen atoms in total. The van der Waals surface area contributed by atoms with Gasteiger partial charge >= 0.3 is 0 Å². The van der Waals surface area contributed by atoms with Crippen LogP contribution < -0.4 is 15.8 Å². The smallest absolute Gasteiger partial charge is 0.150 e. The van der Waals surface area contributed by atoms with Gasteiger partial charge in [-0.2, -0.15) is 5.10 Å². The number of amidine groups is 1. The zero-order valence-corrected chi connectivity index (χ0v) is 13.5. The number of hydrogen-bond acceptors (Lipinski definition) is 6. The first-order chi connectivity index (χ1) is 12.0. The first-order valence-electron chi connectivity index (χ1n) is 7.46. The highest BCUT2D eigenvalue weighted by Crippen LogP contribution is 2.30. The van der Waals surface area contributed by atoms with Crippen LogP contribution in [0, 0.1) is 11.2 Å². The number of hydrogen-bond donors (Lipinski definition) is 4. The molecule has 0 aliphatic carbocycles. The fraction of sp³-hybridized carbons (Fsp3) is 0.188. The average molecular weight is 344 g/mol. The van der Waals surface area contributed by atoms with Gasteiger partial charge in [0.25, 0.3) is 0 Å². The number of nitrogens with one attached hydrogen (secondary N) is 2. The standard InChI is InChI=1S/C16H17FN6O2/c1-25-9-2-4-23-13(6-9)11(8-21-23)14-12(17)7-10(15(18)19)16(22-14)20-3-5-24/h2,4,6-8,24H,3,5H2,1H3,(H3,18,19)(H,20,22). The molecular weight excluding hydrogens is 327 g/mol. The number of nitrogens with zero attached hydrogens (tertiary/aromatic N) is 3. The number of ether oxygens (including phenoxy) is 1. The van der Waals surface area contributed by atoms with Crippen LogP contribution in [0.25, 0.3) is 16.8 Å². The molecule has 0 radical (unpaired) electrons. The maximum atomic E-state index is 14.6. The monoisotopic (exact) mass is 344 g/mol. The predicted molar refractivity (Wildman–Crippen MR) is 91.5 cm³/mol. The number of aliphatic hydroxyl groups excluding tert-OH is 1. The van der Waals surface area contributed by atoms with Crippen LogP contribution >= 0.6 is 0 Å². The molecule has 0 unspecified atom stereocenters. The fourth-order valence-corrected chi connectivity index (χ4v) is 2.46. The van der Waals surface area contributed by atoms with E-state index < -0.39 is 5.82 Å². The second-order valence-corrected chi connectivity index (χ2v) is 5.23. The minimum atomic E-state index is -0.627. The normalized spacial score (nSPS) is 10.8. The molecule has 0 amide bonds. The maximum Gasteiger partial charge on any atom is 0.150 e. The van der Waals surface area contributed by atoms with Gasteiger partial charge in [-0.05, 0) is 12.1 Å². The predicted octanol–water partition coefficient (Wildman–Crippen LogP) is 1.23. The molecule has 3 rings (SSSR count). The fourth-order valence-electron chi connectivity index (χ4n) is 2.46. The Morgan fingerprint density at radius 2 is 2.28 bits per heavy atom. The Hall–Kier alpha value is -3.20. The van der Waals surface area contributed by atoms with Gasteiger partial charge in [0.1, 0.15) is 23.1 Å². The zero-order chi connectivity index (χ0) is 18.0. The van der Waals surface area contributed by atoms with Crippen LogP contribution in [0.2, 0.25) is 0 Å². The Balaban J connectivity index is 2.18. The molecule has 3 aromatic rings. The highest BCUT2D eigenvalue weighted by molar-refractivity contribution is 6.00. The summed E-state index contributed by atoms with van der Waals surface area (Å²) in [5.41, 5.74) is 6.78. The summed E-state index contributed by atoms with van der Waals surface area (Å²) < 4.78 is 21.4. The highest BCUT2D eigenvalue weighted by atomic mass is 19.1. The Labute approximate surface area is 142 Å². The third-order valence-corrected chi connectivity index (χ3v) is 3.65. The molecule has 3 heterocycles. The lowest BCUT2D eigenvalue weighted by Crippen LogP contribution is -2.18. The molecule has 0 saturated carbocycles. The summed E-state index contributed by atoms with van der Waals surface area (Å²) in [4.78, 5) is 4.27. The number of halogens is 1. The molecule has 3 aromatic heterocycles. The van der Waals surface area contributed by atoms with Gasteiger partial charge in [0, 0.05) is 24.4 Å². The molecule has 0 atom stereocenters. The van der Waals surface area contributed by atoms with E-state index in [0.29, 0.717) is 16.8 Å². The first kappa shape index (κ1) is 16.7. The second kappa shape index (κ2) is 6.73. The molecule has 0 aliphatic heterocycles. The van der Waals surface area contributed by atoms with Gasteiger partial charge in [-0.3, -0.25) is 5.41 Å². The number of rotatable bonds is 6. The molecule has 0 aromatic carbocycles. The molecule has 0 bridgehead atoms. The lowest BCUT2D eigenvalue weighted by Gasteiger charge is -2.12. The average Bonchev–Trinajstić information content (AvgIpc) is 3.03. The maximum absolute atomic E-state index is 14.6. The van der Waals surface area contributed by atoms with Crippen molar-refractivity contribution in [2.75, 3.05) is 25.6 Å². The van der Waals surface area contributed by atoms with Gasteiger partial charge in [0.2, 0.25) is 0 Å². The van der Waals surface area contributed by atoms with Crippen LogP contribution in [0.5, 0.6) is 5.75 Å². The van der Waals surface area contributed by atoms with Crippen molar-refractivity contribution in [2.45, 2.75) is 0 Å². The van der Waals surface area contributed by atoms with Crippen molar-refractivity contribution in [3.8, 4) is 17.0 Å². The SMILES string of the molecule is COc1ccn2ncc(-c3nc(NCCO)c(C(=N)N)cc3F)c2c1. The lowest BCUT2D eigenvalue weighted by atomic mass is 10.1. The topological polar surface area (TPSA) is 122 Å². The largest absolute Gasteiger partial charge is 0.497 e. The van der Waals surface area contributed by atoms with E-state index in [4.69, 9.17) is 21.0 Å². The number of pyridine rings is 2. The summed E-state index contributed by atoms with van der Waals surface area (Å²) in [6, 6.07) is 4.61. The molecule has 130 valence electrons. The van der Waals surface area contributed by atoms with E-state index in [2.05, 4.69) is 15.4 Å². The Morgan fingerprint density at radius 1 is 1.48 bits per heavy atom. The highest BCUT2D eigenvalue weighted by Gasteiger charge is 2.18. The van der Waals surface area contributed by atoms with Gasteiger partial charge in [0.05, 0.1) is 31.0 Å². The van der Waals surface area contributed by atoms with E-state index in [1.807, 2.05) is 0 Å². The van der Waals surface area contributed by atoms with Gasteiger partial charge in [-0.1, -0.05) is 0 Å². The first-order valence-corrected chi connectivity index (χ1v) is 7.46. The quantitative estimate of drug-likeness (QED) is 0.394. The summed E-state index contributed by atoms with van der Waals surface area (Å²) in [6.45, 7) is 0.0561. The second-order valence-electron chi connectivity index (χ2n) is 5.23. The minimum absolute atomic E-state index is 0.0636. The number of fused-ring (bicyclic) bond motifs is 1. The Bertz CT molecular complexity index is 940. The third-order valence-electron chi connectivity index (χ3n) is 3.65. The van der Waals surface area contributed by atoms with Gasteiger partial charge in [0.15, 0.2) is 5.82 Å². The number of aromatic nitrogens is 3. The van der Waals surface area contributed by atoms with Crippen LogP contribution in [0.1, 0.15) is 5.56 Å². The van der Waals surface area contributed by atoms with Crippen LogP contribution in [-0.2, 0) is 0 Å². The molecule has 0 aliphatic rings. The van der Waals surface area contributed by atoms with Crippen LogP contribution in [0.15, 0.2) is 30.6 Å². The molecule has 25 heavy (non-hydrogen) atoms. The van der Waals surface area contributed by atoms with Gasteiger partial charge in [-0.15, -0.1) is 0 Å². The molecular formula is C16H17FN6O2. The van der Waals surface area contributed by atoms with E-state index in [0.717, 1.165) is 6.07 Å². The molecule has 9 heteroatoms. The van der Waals surface area contributed by atoms with E-state index in [9.17, 15) is 4.39 Å². The van der Waals surface area contributed by atoms with Crippen molar-refractivity contribution >= 4 is 17.2 Å². The third kappa shape index (κ3) is 3.09. The van der Waals surface area contributed by atoms with E-state index in [1.54, 1.807) is 30.0 Å². The summed E-state index contributed by atoms with van der Waals surface area (Å²) in [5, 5.41) is 23.6. The van der Waals surface area contributed by atoms with Crippen molar-refractivity contribution in [2.24, 2.45) is 5.73 Å². The minimum Gasteiger partial charge on any atom is -0.497 e. The summed E-state index contributed by atoms with van der Waals surface area (Å²) in [6.07, 6.45) is 3.20. The lowest BCUT2D eigenvalue weighted by molar-refractivity contribution is 0.311. The van der Waals surface area contributed by atoms with Crippen molar-refractivity contribution in [1.29, 1.82) is 5.41 Å². The Morgan fingerprint density at radius 3 is 2.96 bits per heavy atom. The molecule has 5 N–H and O–H groups in total. The number of nitrogen functional groups attached to an aromatic ring is 1. The van der Waals surface area contributed by atoms with Crippen LogP contribution in [0.3, 0.4) is 0 Å². The molecule has 0 spiro atoms. The molecule has 0 saturated heterocycles. The summed E-state index contributed by atoms with van der Waals surface area (Å²) >= 11 is 0. The van der Waals surface area contributed by atoms with Crippen LogP contribution in [-0.4, -0.2) is 45.8 Å². The summed E-state index contributed by atoms with van der Waals surface area (Å²) in [7, 11) is 1.54. The van der Waals surface area contributed by atoms with Crippen molar-refractivity contribution in [3.63, 3.8) is 0 Å². The number of nitrogens with two attached hydrogens (primary N) is 1. The van der Waals surface area contributed by atoms with E-state index in [-0.39, 0.29) is 36.1 Å². The van der Waals surface area contributed by atoms with Gasteiger partial charge < -0.3 is 20.9 Å². The van der Waals surface area contributed by atoms with E-state index >= 15 is 0 Å². The number of methoxy groups -OCH3 is 1. The van der Waals surface area contributed by atoms with Crippen molar-refractivity contribution < 1.29 is 14.2 Å². The Kier molecular flexibility index (Phi) is 4.48. The van der Waals surface area contributed by atoms with E-state index in [1.165, 1.54) is 6.20 Å². The number of anilines is 1. The molecule has 0 fully saturated rings. The zero-order valence-electron chi connectivity index (χ0n) is 13.5. The van der Waals surface area contributed by atoms with Crippen molar-refractivity contribution in [1.82, 2.24) is 14.6 Å². The van der Waals surface area contributed by atoms with Gasteiger partial charge in [-0.25, -0.2) is 13.9 Å². The van der Waals surface area contributed by atoms with Crippen LogP contribution in [0.4, 0.5) is 10.2 Å².